The van der Waals surface area contributed by atoms with Crippen molar-refractivity contribution in [3.05, 3.63) is 0 Å². The maximum atomic E-state index is 9.22. The molecule has 0 aliphatic carbocycles. The lowest BCUT2D eigenvalue weighted by molar-refractivity contribution is -0.0874. The van der Waals surface area contributed by atoms with E-state index in [1.165, 1.54) is 0 Å². The van der Waals surface area contributed by atoms with Gasteiger partial charge in [0.05, 0.1) is 6.61 Å². The highest BCUT2D eigenvalue weighted by Gasteiger charge is 2.37. The third-order valence-electron chi connectivity index (χ3n) is 1.94. The Bertz CT molecular complexity index is 119. The first-order valence-corrected chi connectivity index (χ1v) is 3.88. The fourth-order valence-electron chi connectivity index (χ4n) is 1.26. The van der Waals surface area contributed by atoms with E-state index in [1.54, 1.807) is 0 Å². The molecule has 0 aromatic rings. The summed E-state index contributed by atoms with van der Waals surface area (Å²) in [6, 6.07) is 0. The summed E-state index contributed by atoms with van der Waals surface area (Å²) in [7, 11) is 0. The normalized spacial score (nSPS) is 34.8. The molecule has 0 saturated carbocycles. The second-order valence-corrected chi connectivity index (χ2v) is 4.20. The minimum atomic E-state index is -0.660. The van der Waals surface area contributed by atoms with Gasteiger partial charge in [-0.15, -0.1) is 11.6 Å². The minimum Gasteiger partial charge on any atom is -0.368 e. The maximum Gasteiger partial charge on any atom is 0.159 e. The summed E-state index contributed by atoms with van der Waals surface area (Å²) in [4.78, 5) is -0.351. The van der Waals surface area contributed by atoms with E-state index in [9.17, 15) is 5.11 Å². The van der Waals surface area contributed by atoms with Crippen LogP contribution >= 0.6 is 11.6 Å². The zero-order valence-electron chi connectivity index (χ0n) is 6.30. The summed E-state index contributed by atoms with van der Waals surface area (Å²) in [5, 5.41) is 9.22. The van der Waals surface area contributed by atoms with Crippen LogP contribution in [0.5, 0.6) is 0 Å². The molecule has 1 aliphatic rings. The Hall–Kier alpha value is 0.210. The number of halogens is 1. The van der Waals surface area contributed by atoms with Crippen LogP contribution < -0.4 is 0 Å². The van der Waals surface area contributed by atoms with Crippen LogP contribution in [0.25, 0.3) is 0 Å². The Kier molecular flexibility index (Phi) is 2.23. The molecular formula is C7H13ClO2. The molecule has 0 aromatic heterocycles. The van der Waals surface area contributed by atoms with E-state index < -0.39 is 6.29 Å². The Morgan fingerprint density at radius 2 is 2.20 bits per heavy atom. The second-order valence-electron chi connectivity index (χ2n) is 3.22. The molecule has 10 heavy (non-hydrogen) atoms. The summed E-state index contributed by atoms with van der Waals surface area (Å²) in [5.41, 5.74) is 0. The quantitative estimate of drug-likeness (QED) is 0.593. The molecule has 1 N–H and O–H groups in total. The monoisotopic (exact) mass is 164 g/mol. The van der Waals surface area contributed by atoms with Gasteiger partial charge in [-0.1, -0.05) is 0 Å². The number of alkyl halides is 1. The van der Waals surface area contributed by atoms with Crippen LogP contribution in [0.4, 0.5) is 0 Å². The van der Waals surface area contributed by atoms with Gasteiger partial charge in [0.25, 0.3) is 0 Å². The summed E-state index contributed by atoms with van der Waals surface area (Å²) < 4.78 is 4.96. The molecule has 0 radical (unpaired) electrons. The summed E-state index contributed by atoms with van der Waals surface area (Å²) in [6.07, 6.45) is 0.199. The molecule has 0 spiro atoms. The van der Waals surface area contributed by atoms with Crippen molar-refractivity contribution in [2.45, 2.75) is 31.4 Å². The van der Waals surface area contributed by atoms with Gasteiger partial charge in [0.2, 0.25) is 0 Å². The third kappa shape index (κ3) is 1.62. The molecule has 2 atom stereocenters. The Morgan fingerprint density at radius 3 is 2.40 bits per heavy atom. The number of aliphatic hydroxyl groups excluding tert-OH is 1. The molecule has 1 fully saturated rings. The van der Waals surface area contributed by atoms with Crippen molar-refractivity contribution in [2.24, 2.45) is 5.92 Å². The largest absolute Gasteiger partial charge is 0.368 e. The van der Waals surface area contributed by atoms with E-state index in [0.717, 1.165) is 6.42 Å². The van der Waals surface area contributed by atoms with Gasteiger partial charge in [-0.25, -0.2) is 0 Å². The number of ether oxygens (including phenoxy) is 1. The number of aliphatic hydroxyl groups is 1. The van der Waals surface area contributed by atoms with Crippen molar-refractivity contribution >= 4 is 11.6 Å². The van der Waals surface area contributed by atoms with Crippen LogP contribution in [-0.4, -0.2) is 22.9 Å². The molecule has 0 amide bonds. The summed E-state index contributed by atoms with van der Waals surface area (Å²) in [6.45, 7) is 4.43. The SMILES string of the molecule is CC(C)(Cl)C1CCOC1O. The number of hydrogen-bond acceptors (Lipinski definition) is 2. The lowest BCUT2D eigenvalue weighted by Gasteiger charge is -2.25. The summed E-state index contributed by atoms with van der Waals surface area (Å²) in [5.74, 6) is 0.0779. The first kappa shape index (κ1) is 8.31. The van der Waals surface area contributed by atoms with Crippen LogP contribution in [0, 0.1) is 5.92 Å². The summed E-state index contributed by atoms with van der Waals surface area (Å²) >= 11 is 5.99. The van der Waals surface area contributed by atoms with Crippen molar-refractivity contribution < 1.29 is 9.84 Å². The standard InChI is InChI=1S/C7H13ClO2/c1-7(2,8)5-3-4-10-6(5)9/h5-6,9H,3-4H2,1-2H3. The average molecular weight is 165 g/mol. The highest BCUT2D eigenvalue weighted by atomic mass is 35.5. The molecule has 60 valence electrons. The van der Waals surface area contributed by atoms with Crippen molar-refractivity contribution in [2.75, 3.05) is 6.61 Å². The molecule has 0 aromatic carbocycles. The molecular weight excluding hydrogens is 152 g/mol. The third-order valence-corrected chi connectivity index (χ3v) is 2.22. The van der Waals surface area contributed by atoms with Crippen LogP contribution in [-0.2, 0) is 4.74 Å². The maximum absolute atomic E-state index is 9.22. The molecule has 1 rings (SSSR count). The van der Waals surface area contributed by atoms with Gasteiger partial charge in [0, 0.05) is 10.8 Å². The molecule has 3 heteroatoms. The van der Waals surface area contributed by atoms with Gasteiger partial charge in [0.15, 0.2) is 6.29 Å². The van der Waals surface area contributed by atoms with E-state index >= 15 is 0 Å². The van der Waals surface area contributed by atoms with Gasteiger partial charge in [-0.05, 0) is 20.3 Å². The Balaban J connectivity index is 2.55. The van der Waals surface area contributed by atoms with Gasteiger partial charge >= 0.3 is 0 Å². The Morgan fingerprint density at radius 1 is 1.60 bits per heavy atom. The fourth-order valence-corrected chi connectivity index (χ4v) is 1.47. The van der Waals surface area contributed by atoms with Gasteiger partial charge in [-0.3, -0.25) is 0 Å². The smallest absolute Gasteiger partial charge is 0.159 e. The van der Waals surface area contributed by atoms with E-state index in [4.69, 9.17) is 16.3 Å². The van der Waals surface area contributed by atoms with Crippen LogP contribution in [0.1, 0.15) is 20.3 Å². The Labute approximate surface area is 66.1 Å². The second kappa shape index (κ2) is 2.68. The minimum absolute atomic E-state index is 0.0779. The van der Waals surface area contributed by atoms with Crippen LogP contribution in [0.3, 0.4) is 0 Å². The van der Waals surface area contributed by atoms with E-state index in [0.29, 0.717) is 6.61 Å². The predicted molar refractivity (Wildman–Crippen MR) is 40.0 cm³/mol. The average Bonchev–Trinajstić information content (AvgIpc) is 2.11. The van der Waals surface area contributed by atoms with Gasteiger partial charge in [-0.2, -0.15) is 0 Å². The molecule has 1 aliphatic heterocycles. The van der Waals surface area contributed by atoms with Crippen molar-refractivity contribution in [1.29, 1.82) is 0 Å². The first-order chi connectivity index (χ1) is 4.52. The van der Waals surface area contributed by atoms with Crippen molar-refractivity contribution in [3.63, 3.8) is 0 Å². The van der Waals surface area contributed by atoms with Crippen LogP contribution in [0.15, 0.2) is 0 Å². The molecule has 1 heterocycles. The molecule has 2 nitrogen and oxygen atoms in total. The van der Waals surface area contributed by atoms with E-state index in [-0.39, 0.29) is 10.8 Å². The zero-order chi connectivity index (χ0) is 7.78. The zero-order valence-corrected chi connectivity index (χ0v) is 7.06. The highest BCUT2D eigenvalue weighted by Crippen LogP contribution is 2.34. The number of rotatable bonds is 1. The molecule has 2 unspecified atom stereocenters. The lowest BCUT2D eigenvalue weighted by Crippen LogP contribution is -2.31. The van der Waals surface area contributed by atoms with Gasteiger partial charge < -0.3 is 9.84 Å². The highest BCUT2D eigenvalue weighted by molar-refractivity contribution is 6.23. The lowest BCUT2D eigenvalue weighted by atomic mass is 9.93. The predicted octanol–water partition coefficient (Wildman–Crippen LogP) is 1.36. The van der Waals surface area contributed by atoms with E-state index in [2.05, 4.69) is 0 Å². The topological polar surface area (TPSA) is 29.5 Å². The molecule has 1 saturated heterocycles. The van der Waals surface area contributed by atoms with Gasteiger partial charge in [0.1, 0.15) is 0 Å². The molecule has 0 bridgehead atoms. The van der Waals surface area contributed by atoms with Crippen LogP contribution in [0.2, 0.25) is 0 Å². The fraction of sp³-hybridized carbons (Fsp3) is 1.00. The van der Waals surface area contributed by atoms with E-state index in [1.807, 2.05) is 13.8 Å². The first-order valence-electron chi connectivity index (χ1n) is 3.50. The van der Waals surface area contributed by atoms with Crippen molar-refractivity contribution in [1.82, 2.24) is 0 Å². The number of hydrogen-bond donors (Lipinski definition) is 1. The van der Waals surface area contributed by atoms with Crippen molar-refractivity contribution in [3.8, 4) is 0 Å².